The number of hydrogen-bond acceptors (Lipinski definition) is 7. The summed E-state index contributed by atoms with van der Waals surface area (Å²) in [5, 5.41) is 20.8. The summed E-state index contributed by atoms with van der Waals surface area (Å²) in [6.07, 6.45) is 0.713. The number of Topliss-reactive ketones (excluding diaryl/α,β-unsaturated/α-hetero) is 1. The molecule has 2 aliphatic rings. The topological polar surface area (TPSA) is 92.6 Å². The van der Waals surface area contributed by atoms with Crippen molar-refractivity contribution in [3.05, 3.63) is 73.7 Å². The molecule has 168 valence electrons. The predicted molar refractivity (Wildman–Crippen MR) is 126 cm³/mol. The SMILES string of the molecule is Cc1nnc(N2C(=O)C(=O)/C(=C(/O)c3ccc4c(c3)CC(C)O4)C2c2ccc(Cl)c(Cl)c2)s1. The number of fused-ring (bicyclic) bond motifs is 1. The predicted octanol–water partition coefficient (Wildman–Crippen LogP) is 5.10. The second kappa shape index (κ2) is 8.13. The van der Waals surface area contributed by atoms with Crippen LogP contribution in [0.15, 0.2) is 42.0 Å². The highest BCUT2D eigenvalue weighted by Gasteiger charge is 2.48. The van der Waals surface area contributed by atoms with E-state index in [-0.39, 0.29) is 27.6 Å². The molecule has 1 fully saturated rings. The second-order valence-electron chi connectivity index (χ2n) is 7.90. The van der Waals surface area contributed by atoms with Crippen molar-refractivity contribution in [3.63, 3.8) is 0 Å². The van der Waals surface area contributed by atoms with Crippen LogP contribution in [-0.4, -0.2) is 33.1 Å². The molecule has 3 heterocycles. The van der Waals surface area contributed by atoms with Crippen LogP contribution in [0.2, 0.25) is 10.0 Å². The Kier molecular flexibility index (Phi) is 5.39. The Morgan fingerprint density at radius 3 is 2.64 bits per heavy atom. The number of ketones is 1. The molecule has 0 spiro atoms. The number of halogens is 2. The van der Waals surface area contributed by atoms with Crippen LogP contribution in [0.4, 0.5) is 5.13 Å². The molecule has 0 saturated carbocycles. The largest absolute Gasteiger partial charge is 0.507 e. The zero-order chi connectivity index (χ0) is 23.4. The lowest BCUT2D eigenvalue weighted by Crippen LogP contribution is -2.29. The molecule has 0 radical (unpaired) electrons. The third-order valence-electron chi connectivity index (χ3n) is 5.59. The average molecular weight is 502 g/mol. The number of nitrogens with zero attached hydrogens (tertiary/aromatic N) is 3. The van der Waals surface area contributed by atoms with Gasteiger partial charge in [0.1, 0.15) is 22.6 Å². The Hall–Kier alpha value is -2.94. The van der Waals surface area contributed by atoms with Gasteiger partial charge in [-0.1, -0.05) is 40.6 Å². The van der Waals surface area contributed by atoms with Crippen molar-refractivity contribution < 1.29 is 19.4 Å². The molecule has 3 aromatic rings. The minimum absolute atomic E-state index is 0.0276. The minimum atomic E-state index is -0.949. The third kappa shape index (κ3) is 3.68. The number of ether oxygens (including phenoxy) is 1. The maximum atomic E-state index is 13.2. The summed E-state index contributed by atoms with van der Waals surface area (Å²) in [6, 6.07) is 9.08. The van der Waals surface area contributed by atoms with Gasteiger partial charge in [0.05, 0.1) is 21.7 Å². The maximum Gasteiger partial charge on any atom is 0.301 e. The van der Waals surface area contributed by atoms with Gasteiger partial charge in [0.15, 0.2) is 0 Å². The number of anilines is 1. The number of carbonyl (C=O) groups excluding carboxylic acids is 2. The summed E-state index contributed by atoms with van der Waals surface area (Å²) < 4.78 is 5.73. The van der Waals surface area contributed by atoms with Gasteiger partial charge < -0.3 is 9.84 Å². The molecule has 0 bridgehead atoms. The van der Waals surface area contributed by atoms with Gasteiger partial charge in [-0.2, -0.15) is 0 Å². The smallest absolute Gasteiger partial charge is 0.301 e. The highest BCUT2D eigenvalue weighted by atomic mass is 35.5. The normalized spacial score (nSPS) is 21.4. The Bertz CT molecular complexity index is 1350. The van der Waals surface area contributed by atoms with Gasteiger partial charge in [-0.25, -0.2) is 0 Å². The van der Waals surface area contributed by atoms with Crippen molar-refractivity contribution in [1.82, 2.24) is 10.2 Å². The first-order valence-electron chi connectivity index (χ1n) is 10.1. The van der Waals surface area contributed by atoms with Gasteiger partial charge in [0.2, 0.25) is 5.13 Å². The highest BCUT2D eigenvalue weighted by Crippen LogP contribution is 2.44. The first kappa shape index (κ1) is 21.9. The molecule has 0 aliphatic carbocycles. The molecule has 10 heteroatoms. The van der Waals surface area contributed by atoms with E-state index < -0.39 is 17.7 Å². The summed E-state index contributed by atoms with van der Waals surface area (Å²) >= 11 is 13.5. The van der Waals surface area contributed by atoms with Crippen LogP contribution in [0.1, 0.15) is 34.7 Å². The summed E-state index contributed by atoms with van der Waals surface area (Å²) in [4.78, 5) is 27.6. The van der Waals surface area contributed by atoms with Gasteiger partial charge in [0, 0.05) is 12.0 Å². The molecule has 2 atom stereocenters. The molecule has 1 amide bonds. The van der Waals surface area contributed by atoms with E-state index in [9.17, 15) is 14.7 Å². The Morgan fingerprint density at radius 1 is 1.15 bits per heavy atom. The Balaban J connectivity index is 1.70. The quantitative estimate of drug-likeness (QED) is 0.304. The summed E-state index contributed by atoms with van der Waals surface area (Å²) in [7, 11) is 0. The lowest BCUT2D eigenvalue weighted by atomic mass is 9.94. The molecular weight excluding hydrogens is 485 g/mol. The van der Waals surface area contributed by atoms with Crippen LogP contribution in [0, 0.1) is 6.92 Å². The fraction of sp³-hybridized carbons (Fsp3) is 0.217. The molecule has 1 saturated heterocycles. The maximum absolute atomic E-state index is 13.2. The number of hydrogen-bond donors (Lipinski definition) is 1. The van der Waals surface area contributed by atoms with Crippen LogP contribution < -0.4 is 9.64 Å². The number of rotatable bonds is 3. The summed E-state index contributed by atoms with van der Waals surface area (Å²) in [5.41, 5.74) is 1.80. The van der Waals surface area contributed by atoms with E-state index in [0.29, 0.717) is 27.6 Å². The van der Waals surface area contributed by atoms with Crippen LogP contribution in [-0.2, 0) is 16.0 Å². The van der Waals surface area contributed by atoms with E-state index in [1.54, 1.807) is 43.3 Å². The summed E-state index contributed by atoms with van der Waals surface area (Å²) in [5.74, 6) is -1.16. The number of aryl methyl sites for hydroxylation is 1. The van der Waals surface area contributed by atoms with Crippen molar-refractivity contribution in [1.29, 1.82) is 0 Å². The molecule has 2 aromatic carbocycles. The zero-order valence-corrected chi connectivity index (χ0v) is 19.8. The van der Waals surface area contributed by atoms with Gasteiger partial charge in [0.25, 0.3) is 5.78 Å². The Morgan fingerprint density at radius 2 is 1.94 bits per heavy atom. The van der Waals surface area contributed by atoms with Crippen LogP contribution in [0.25, 0.3) is 5.76 Å². The fourth-order valence-electron chi connectivity index (χ4n) is 4.14. The summed E-state index contributed by atoms with van der Waals surface area (Å²) in [6.45, 7) is 3.71. The van der Waals surface area contributed by atoms with Crippen molar-refractivity contribution in [3.8, 4) is 5.75 Å². The molecule has 33 heavy (non-hydrogen) atoms. The van der Waals surface area contributed by atoms with Gasteiger partial charge in [-0.05, 0) is 55.3 Å². The van der Waals surface area contributed by atoms with E-state index >= 15 is 0 Å². The number of amides is 1. The van der Waals surface area contributed by atoms with E-state index in [1.807, 2.05) is 6.92 Å². The number of aliphatic hydroxyl groups is 1. The van der Waals surface area contributed by atoms with Crippen LogP contribution >= 0.6 is 34.5 Å². The van der Waals surface area contributed by atoms with Crippen molar-refractivity contribution in [2.75, 3.05) is 4.90 Å². The van der Waals surface area contributed by atoms with E-state index in [0.717, 1.165) is 11.3 Å². The van der Waals surface area contributed by atoms with E-state index in [2.05, 4.69) is 10.2 Å². The first-order valence-corrected chi connectivity index (χ1v) is 11.7. The number of aromatic nitrogens is 2. The van der Waals surface area contributed by atoms with Crippen molar-refractivity contribution in [2.45, 2.75) is 32.4 Å². The molecule has 2 aliphatic heterocycles. The number of aliphatic hydroxyl groups excluding tert-OH is 1. The van der Waals surface area contributed by atoms with Crippen molar-refractivity contribution in [2.24, 2.45) is 0 Å². The van der Waals surface area contributed by atoms with Gasteiger partial charge >= 0.3 is 5.91 Å². The first-order chi connectivity index (χ1) is 15.7. The van der Waals surface area contributed by atoms with E-state index in [1.165, 1.54) is 16.2 Å². The monoisotopic (exact) mass is 501 g/mol. The second-order valence-corrected chi connectivity index (χ2v) is 9.88. The van der Waals surface area contributed by atoms with Crippen LogP contribution in [0.3, 0.4) is 0 Å². The standard InChI is InChI=1S/C23H17Cl2N3O4S/c1-10-7-14-8-13(4-6-17(14)32-10)20(29)18-19(12-3-5-15(24)16(25)9-12)28(22(31)21(18)30)23-27-26-11(2)33-23/h3-6,8-10,19,29H,7H2,1-2H3/b20-18+. The van der Waals surface area contributed by atoms with Gasteiger partial charge in [-0.15, -0.1) is 10.2 Å². The molecule has 2 unspecified atom stereocenters. The fourth-order valence-corrected chi connectivity index (χ4v) is 5.16. The zero-order valence-electron chi connectivity index (χ0n) is 17.5. The lowest BCUT2D eigenvalue weighted by Gasteiger charge is -2.23. The molecule has 1 N–H and O–H groups in total. The molecular formula is C23H17Cl2N3O4S. The Labute approximate surface area is 203 Å². The highest BCUT2D eigenvalue weighted by molar-refractivity contribution is 7.15. The minimum Gasteiger partial charge on any atom is -0.507 e. The average Bonchev–Trinajstić information content (AvgIpc) is 3.44. The number of carbonyl (C=O) groups is 2. The van der Waals surface area contributed by atoms with Crippen LogP contribution in [0.5, 0.6) is 5.75 Å². The number of benzene rings is 2. The van der Waals surface area contributed by atoms with Gasteiger partial charge in [-0.3, -0.25) is 14.5 Å². The third-order valence-corrected chi connectivity index (χ3v) is 7.17. The molecule has 7 nitrogen and oxygen atoms in total. The molecule has 5 rings (SSSR count). The lowest BCUT2D eigenvalue weighted by molar-refractivity contribution is -0.132. The molecule has 1 aromatic heterocycles. The van der Waals surface area contributed by atoms with Crippen molar-refractivity contribution >= 4 is 57.1 Å². The van der Waals surface area contributed by atoms with E-state index in [4.69, 9.17) is 27.9 Å².